The van der Waals surface area contributed by atoms with Crippen LogP contribution in [0, 0.1) is 29.6 Å². The Kier molecular flexibility index (Phi) is 5.13. The van der Waals surface area contributed by atoms with E-state index in [0.717, 1.165) is 0 Å². The van der Waals surface area contributed by atoms with Crippen LogP contribution in [0.2, 0.25) is 0 Å². The van der Waals surface area contributed by atoms with Crippen LogP contribution in [0.1, 0.15) is 10.4 Å². The fraction of sp³-hybridized carbons (Fsp3) is 0.214. The number of amides is 1. The van der Waals surface area contributed by atoms with Crippen LogP contribution in [-0.4, -0.2) is 25.3 Å². The van der Waals surface area contributed by atoms with Gasteiger partial charge in [0.2, 0.25) is 5.91 Å². The molecule has 1 unspecified atom stereocenters. The van der Waals surface area contributed by atoms with Crippen molar-refractivity contribution >= 4 is 11.7 Å². The minimum Gasteiger partial charge on any atom is -0.481 e. The van der Waals surface area contributed by atoms with E-state index in [4.69, 9.17) is 16.4 Å². The zero-order chi connectivity index (χ0) is 14.3. The second kappa shape index (κ2) is 6.83. The van der Waals surface area contributed by atoms with Gasteiger partial charge in [-0.1, -0.05) is 5.92 Å². The average Bonchev–Trinajstić information content (AvgIpc) is 2.46. The zero-order valence-corrected chi connectivity index (χ0v) is 10.3. The molecule has 96 valence electrons. The number of ketones is 1. The van der Waals surface area contributed by atoms with E-state index in [9.17, 15) is 9.59 Å². The van der Waals surface area contributed by atoms with Gasteiger partial charge in [-0.3, -0.25) is 9.59 Å². The van der Waals surface area contributed by atoms with Crippen molar-refractivity contribution in [1.29, 1.82) is 5.26 Å². The molecule has 1 atom stereocenters. The highest BCUT2D eigenvalue weighted by Gasteiger charge is 2.26. The number of benzene rings is 1. The fourth-order valence-electron chi connectivity index (χ4n) is 1.39. The molecule has 0 bridgehead atoms. The van der Waals surface area contributed by atoms with Crippen molar-refractivity contribution in [3.05, 3.63) is 29.8 Å². The van der Waals surface area contributed by atoms with Crippen LogP contribution in [0.25, 0.3) is 0 Å². The summed E-state index contributed by atoms with van der Waals surface area (Å²) in [6.07, 6.45) is 5.05. The van der Waals surface area contributed by atoms with Gasteiger partial charge in [0.1, 0.15) is 12.4 Å². The van der Waals surface area contributed by atoms with Crippen molar-refractivity contribution in [3.8, 4) is 24.2 Å². The van der Waals surface area contributed by atoms with Crippen molar-refractivity contribution in [1.82, 2.24) is 5.32 Å². The molecule has 1 N–H and O–H groups in total. The highest BCUT2D eigenvalue weighted by molar-refractivity contribution is 6.12. The molecule has 19 heavy (non-hydrogen) atoms. The maximum atomic E-state index is 11.9. The van der Waals surface area contributed by atoms with Crippen molar-refractivity contribution in [2.45, 2.75) is 0 Å². The Labute approximate surface area is 111 Å². The molecular weight excluding hydrogens is 244 g/mol. The van der Waals surface area contributed by atoms with Crippen LogP contribution in [-0.2, 0) is 4.79 Å². The lowest BCUT2D eigenvalue weighted by atomic mass is 9.98. The van der Waals surface area contributed by atoms with Crippen LogP contribution in [0.4, 0.5) is 0 Å². The van der Waals surface area contributed by atoms with Gasteiger partial charge in [-0.25, -0.2) is 0 Å². The Morgan fingerprint density at radius 3 is 2.53 bits per heavy atom. The molecule has 0 fully saturated rings. The molecule has 0 saturated heterocycles. The van der Waals surface area contributed by atoms with E-state index in [1.807, 2.05) is 0 Å². The second-order valence-corrected chi connectivity index (χ2v) is 3.56. The molecule has 0 aliphatic heterocycles. The molecule has 1 aromatic rings. The van der Waals surface area contributed by atoms with Crippen LogP contribution >= 0.6 is 0 Å². The number of ether oxygens (including phenoxy) is 1. The quantitative estimate of drug-likeness (QED) is 0.479. The molecule has 0 spiro atoms. The number of carbonyl (C=O) groups is 2. The van der Waals surface area contributed by atoms with Gasteiger partial charge < -0.3 is 10.1 Å². The lowest BCUT2D eigenvalue weighted by Crippen LogP contribution is -2.32. The Hall–Kier alpha value is -2.79. The molecule has 0 aliphatic rings. The largest absolute Gasteiger partial charge is 0.481 e. The molecule has 1 aromatic carbocycles. The summed E-state index contributed by atoms with van der Waals surface area (Å²) in [6.45, 7) is 0.131. The van der Waals surface area contributed by atoms with E-state index in [0.29, 0.717) is 5.75 Å². The van der Waals surface area contributed by atoms with E-state index in [1.165, 1.54) is 19.2 Å². The minimum atomic E-state index is -1.34. The summed E-state index contributed by atoms with van der Waals surface area (Å²) < 4.78 is 5.15. The lowest BCUT2D eigenvalue weighted by molar-refractivity contribution is -0.121. The van der Waals surface area contributed by atoms with E-state index in [2.05, 4.69) is 11.2 Å². The van der Waals surface area contributed by atoms with E-state index < -0.39 is 17.6 Å². The Bertz CT molecular complexity index is 550. The maximum Gasteiger partial charge on any atom is 0.245 e. The highest BCUT2D eigenvalue weighted by atomic mass is 16.5. The van der Waals surface area contributed by atoms with Gasteiger partial charge in [0.25, 0.3) is 0 Å². The first kappa shape index (κ1) is 14.3. The summed E-state index contributed by atoms with van der Waals surface area (Å²) in [5.41, 5.74) is 0.267. The number of nitriles is 1. The van der Waals surface area contributed by atoms with Crippen molar-refractivity contribution in [3.63, 3.8) is 0 Å². The minimum absolute atomic E-state index is 0.131. The summed E-state index contributed by atoms with van der Waals surface area (Å²) in [4.78, 5) is 23.3. The van der Waals surface area contributed by atoms with Crippen molar-refractivity contribution < 1.29 is 14.3 Å². The van der Waals surface area contributed by atoms with Crippen LogP contribution in [0.3, 0.4) is 0 Å². The summed E-state index contributed by atoms with van der Waals surface area (Å²) in [6, 6.07) is 7.77. The highest BCUT2D eigenvalue weighted by Crippen LogP contribution is 2.15. The number of nitrogens with one attached hydrogen (secondary N) is 1. The smallest absolute Gasteiger partial charge is 0.245 e. The predicted molar refractivity (Wildman–Crippen MR) is 68.3 cm³/mol. The van der Waals surface area contributed by atoms with Gasteiger partial charge >= 0.3 is 0 Å². The molecule has 0 aliphatic carbocycles. The predicted octanol–water partition coefficient (Wildman–Crippen LogP) is 0.767. The molecule has 1 amide bonds. The number of carbonyl (C=O) groups excluding carboxylic acids is 2. The van der Waals surface area contributed by atoms with Gasteiger partial charge in [-0.05, 0) is 24.3 Å². The summed E-state index contributed by atoms with van der Waals surface area (Å²) in [5, 5.41) is 11.1. The number of hydrogen-bond donors (Lipinski definition) is 1. The SMILES string of the molecule is C#CCOc1ccc(C(=O)C(C#N)C(=O)NC)cc1. The zero-order valence-electron chi connectivity index (χ0n) is 10.3. The van der Waals surface area contributed by atoms with Gasteiger partial charge in [-0.2, -0.15) is 5.26 Å². The summed E-state index contributed by atoms with van der Waals surface area (Å²) >= 11 is 0. The first-order chi connectivity index (χ1) is 9.13. The van der Waals surface area contributed by atoms with Crippen molar-refractivity contribution in [2.75, 3.05) is 13.7 Å². The van der Waals surface area contributed by atoms with E-state index in [1.54, 1.807) is 18.2 Å². The summed E-state index contributed by atoms with van der Waals surface area (Å²) in [7, 11) is 1.37. The van der Waals surface area contributed by atoms with Crippen LogP contribution in [0.15, 0.2) is 24.3 Å². The second-order valence-electron chi connectivity index (χ2n) is 3.56. The van der Waals surface area contributed by atoms with E-state index >= 15 is 0 Å². The third kappa shape index (κ3) is 3.58. The first-order valence-corrected chi connectivity index (χ1v) is 5.45. The fourth-order valence-corrected chi connectivity index (χ4v) is 1.39. The maximum absolute atomic E-state index is 11.9. The monoisotopic (exact) mass is 256 g/mol. The number of nitrogens with zero attached hydrogens (tertiary/aromatic N) is 1. The number of rotatable bonds is 5. The molecule has 0 aromatic heterocycles. The number of terminal acetylenes is 1. The topological polar surface area (TPSA) is 79.2 Å². The van der Waals surface area contributed by atoms with Gasteiger partial charge in [0, 0.05) is 12.6 Å². The van der Waals surface area contributed by atoms with Gasteiger partial charge in [0.05, 0.1) is 6.07 Å². The normalized spacial score (nSPS) is 10.7. The number of Topliss-reactive ketones (excluding diaryl/α,β-unsaturated/α-hetero) is 1. The Morgan fingerprint density at radius 1 is 1.42 bits per heavy atom. The van der Waals surface area contributed by atoms with Crippen LogP contribution in [0.5, 0.6) is 5.75 Å². The third-order valence-corrected chi connectivity index (χ3v) is 2.36. The third-order valence-electron chi connectivity index (χ3n) is 2.36. The lowest BCUT2D eigenvalue weighted by Gasteiger charge is -2.07. The van der Waals surface area contributed by atoms with Gasteiger partial charge in [0.15, 0.2) is 11.7 Å². The molecule has 0 saturated carbocycles. The Morgan fingerprint density at radius 2 is 2.05 bits per heavy atom. The standard InChI is InChI=1S/C14H12N2O3/c1-3-8-19-11-6-4-10(5-7-11)13(17)12(9-15)14(18)16-2/h1,4-7,12H,8H2,2H3,(H,16,18). The first-order valence-electron chi connectivity index (χ1n) is 5.45. The molecule has 5 nitrogen and oxygen atoms in total. The van der Waals surface area contributed by atoms with Crippen LogP contribution < -0.4 is 10.1 Å². The summed E-state index contributed by atoms with van der Waals surface area (Å²) in [5.74, 6) is 0.315. The van der Waals surface area contributed by atoms with Crippen molar-refractivity contribution in [2.24, 2.45) is 5.92 Å². The average molecular weight is 256 g/mol. The van der Waals surface area contributed by atoms with Gasteiger partial charge in [-0.15, -0.1) is 6.42 Å². The molecule has 5 heteroatoms. The van der Waals surface area contributed by atoms with E-state index in [-0.39, 0.29) is 12.2 Å². The Balaban J connectivity index is 2.86. The molecule has 0 heterocycles. The molecule has 0 radical (unpaired) electrons. The number of hydrogen-bond acceptors (Lipinski definition) is 4. The molecule has 1 rings (SSSR count). The molecular formula is C14H12N2O3.